The first kappa shape index (κ1) is 9.97. The lowest BCUT2D eigenvalue weighted by Crippen LogP contribution is -2.02. The van der Waals surface area contributed by atoms with Gasteiger partial charge in [0.2, 0.25) is 5.82 Å². The van der Waals surface area contributed by atoms with E-state index in [-0.39, 0.29) is 0 Å². The minimum Gasteiger partial charge on any atom is -0.355 e. The number of anilines is 1. The molecule has 15 heavy (non-hydrogen) atoms. The van der Waals surface area contributed by atoms with Gasteiger partial charge in [0.05, 0.1) is 0 Å². The van der Waals surface area contributed by atoms with Gasteiger partial charge in [-0.05, 0) is 24.3 Å². The van der Waals surface area contributed by atoms with Gasteiger partial charge in [-0.3, -0.25) is 0 Å². The number of halogens is 1. The molecule has 0 saturated heterocycles. The van der Waals surface area contributed by atoms with Crippen molar-refractivity contribution in [2.75, 3.05) is 12.4 Å². The molecule has 0 spiro atoms. The SMILES string of the molecule is CNc1nnc(-c2ccc(Br)cc2)nn1. The molecule has 76 valence electrons. The fourth-order valence-electron chi connectivity index (χ4n) is 1.04. The standard InChI is InChI=1S/C9H8BrN5/c1-11-9-14-12-8(13-15-9)6-2-4-7(10)5-3-6/h2-5H,1H3,(H,11,14,15). The zero-order chi connectivity index (χ0) is 10.7. The number of benzene rings is 1. The molecule has 2 aromatic rings. The average Bonchev–Trinajstić information content (AvgIpc) is 2.30. The van der Waals surface area contributed by atoms with Crippen LogP contribution in [0.4, 0.5) is 5.95 Å². The molecule has 2 rings (SSSR count). The van der Waals surface area contributed by atoms with Crippen LogP contribution in [0.15, 0.2) is 28.7 Å². The van der Waals surface area contributed by atoms with Crippen LogP contribution in [0.5, 0.6) is 0 Å². The molecule has 0 aliphatic heterocycles. The number of rotatable bonds is 2. The third kappa shape index (κ3) is 2.27. The maximum atomic E-state index is 3.95. The fraction of sp³-hybridized carbons (Fsp3) is 0.111. The lowest BCUT2D eigenvalue weighted by Gasteiger charge is -1.99. The van der Waals surface area contributed by atoms with Crippen LogP contribution in [0.25, 0.3) is 11.4 Å². The maximum Gasteiger partial charge on any atom is 0.261 e. The normalized spacial score (nSPS) is 10.0. The van der Waals surface area contributed by atoms with Crippen LogP contribution in [-0.2, 0) is 0 Å². The van der Waals surface area contributed by atoms with Gasteiger partial charge in [0.15, 0.2) is 0 Å². The highest BCUT2D eigenvalue weighted by atomic mass is 79.9. The molecular formula is C9H8BrN5. The Balaban J connectivity index is 2.33. The van der Waals surface area contributed by atoms with Crippen molar-refractivity contribution in [1.29, 1.82) is 0 Å². The van der Waals surface area contributed by atoms with E-state index >= 15 is 0 Å². The van der Waals surface area contributed by atoms with Crippen molar-refractivity contribution in [3.8, 4) is 11.4 Å². The minimum atomic E-state index is 0.413. The van der Waals surface area contributed by atoms with Gasteiger partial charge in [0.25, 0.3) is 5.95 Å². The van der Waals surface area contributed by atoms with Crippen molar-refractivity contribution in [2.24, 2.45) is 0 Å². The van der Waals surface area contributed by atoms with Crippen LogP contribution in [0.3, 0.4) is 0 Å². The minimum absolute atomic E-state index is 0.413. The lowest BCUT2D eigenvalue weighted by molar-refractivity contribution is 0.872. The number of hydrogen-bond donors (Lipinski definition) is 1. The zero-order valence-electron chi connectivity index (χ0n) is 7.98. The third-order valence-electron chi connectivity index (χ3n) is 1.80. The molecule has 1 aromatic heterocycles. The molecule has 0 aliphatic carbocycles. The summed E-state index contributed by atoms with van der Waals surface area (Å²) in [4.78, 5) is 0. The second-order valence-corrected chi connectivity index (χ2v) is 3.72. The van der Waals surface area contributed by atoms with E-state index in [9.17, 15) is 0 Å². The van der Waals surface area contributed by atoms with Crippen molar-refractivity contribution in [2.45, 2.75) is 0 Å². The highest BCUT2D eigenvalue weighted by molar-refractivity contribution is 9.10. The molecule has 0 atom stereocenters. The number of nitrogens with one attached hydrogen (secondary N) is 1. The molecular weight excluding hydrogens is 258 g/mol. The Hall–Kier alpha value is -1.56. The maximum absolute atomic E-state index is 3.95. The summed E-state index contributed by atoms with van der Waals surface area (Å²) < 4.78 is 1.01. The Morgan fingerprint density at radius 2 is 1.60 bits per heavy atom. The van der Waals surface area contributed by atoms with E-state index in [4.69, 9.17) is 0 Å². The highest BCUT2D eigenvalue weighted by Gasteiger charge is 2.02. The molecule has 1 heterocycles. The fourth-order valence-corrected chi connectivity index (χ4v) is 1.31. The number of nitrogens with zero attached hydrogens (tertiary/aromatic N) is 4. The van der Waals surface area contributed by atoms with E-state index in [0.717, 1.165) is 10.0 Å². The molecule has 0 fully saturated rings. The van der Waals surface area contributed by atoms with Gasteiger partial charge < -0.3 is 5.32 Å². The van der Waals surface area contributed by atoms with E-state index in [1.54, 1.807) is 7.05 Å². The van der Waals surface area contributed by atoms with Crippen LogP contribution < -0.4 is 5.32 Å². The van der Waals surface area contributed by atoms with Gasteiger partial charge >= 0.3 is 0 Å². The molecule has 1 N–H and O–H groups in total. The molecule has 1 aromatic carbocycles. The Morgan fingerprint density at radius 1 is 1.00 bits per heavy atom. The predicted octanol–water partition coefficient (Wildman–Crippen LogP) is 1.74. The summed E-state index contributed by atoms with van der Waals surface area (Å²) in [5, 5.41) is 18.4. The van der Waals surface area contributed by atoms with Crippen molar-refractivity contribution < 1.29 is 0 Å². The summed E-state index contributed by atoms with van der Waals surface area (Å²) in [5.74, 6) is 0.928. The predicted molar refractivity (Wildman–Crippen MR) is 60.3 cm³/mol. The Morgan fingerprint density at radius 3 is 2.13 bits per heavy atom. The number of hydrogen-bond acceptors (Lipinski definition) is 5. The monoisotopic (exact) mass is 265 g/mol. The van der Waals surface area contributed by atoms with Gasteiger partial charge in [0, 0.05) is 17.1 Å². The zero-order valence-corrected chi connectivity index (χ0v) is 9.56. The largest absolute Gasteiger partial charge is 0.355 e. The van der Waals surface area contributed by atoms with Crippen LogP contribution in [-0.4, -0.2) is 27.4 Å². The van der Waals surface area contributed by atoms with Crippen molar-refractivity contribution in [1.82, 2.24) is 20.4 Å². The van der Waals surface area contributed by atoms with E-state index < -0.39 is 0 Å². The average molecular weight is 266 g/mol. The summed E-state index contributed by atoms with van der Waals surface area (Å²) >= 11 is 3.36. The quantitative estimate of drug-likeness (QED) is 0.896. The second kappa shape index (κ2) is 4.31. The van der Waals surface area contributed by atoms with E-state index in [1.165, 1.54) is 0 Å². The third-order valence-corrected chi connectivity index (χ3v) is 2.33. The Labute approximate surface area is 95.1 Å². The highest BCUT2D eigenvalue weighted by Crippen LogP contribution is 2.17. The van der Waals surface area contributed by atoms with E-state index in [0.29, 0.717) is 11.8 Å². The smallest absolute Gasteiger partial charge is 0.261 e. The summed E-state index contributed by atoms with van der Waals surface area (Å²) in [6.07, 6.45) is 0. The number of aromatic nitrogens is 4. The molecule has 6 heteroatoms. The van der Waals surface area contributed by atoms with Crippen molar-refractivity contribution in [3.63, 3.8) is 0 Å². The molecule has 0 aliphatic rings. The molecule has 0 unspecified atom stereocenters. The van der Waals surface area contributed by atoms with Crippen molar-refractivity contribution >= 4 is 21.9 Å². The van der Waals surface area contributed by atoms with Crippen LogP contribution in [0, 0.1) is 0 Å². The summed E-state index contributed by atoms with van der Waals surface area (Å²) in [7, 11) is 1.72. The van der Waals surface area contributed by atoms with Crippen LogP contribution in [0.1, 0.15) is 0 Å². The lowest BCUT2D eigenvalue weighted by atomic mass is 10.2. The van der Waals surface area contributed by atoms with Gasteiger partial charge in [-0.25, -0.2) is 0 Å². The summed E-state index contributed by atoms with van der Waals surface area (Å²) in [6.45, 7) is 0. The first-order chi connectivity index (χ1) is 7.29. The first-order valence-corrected chi connectivity index (χ1v) is 5.10. The summed E-state index contributed by atoms with van der Waals surface area (Å²) in [5.41, 5.74) is 0.890. The van der Waals surface area contributed by atoms with Gasteiger partial charge in [-0.2, -0.15) is 0 Å². The van der Waals surface area contributed by atoms with Gasteiger partial charge in [0.1, 0.15) is 0 Å². The molecule has 0 bridgehead atoms. The van der Waals surface area contributed by atoms with E-state index in [1.807, 2.05) is 24.3 Å². The van der Waals surface area contributed by atoms with Crippen molar-refractivity contribution in [3.05, 3.63) is 28.7 Å². The molecule has 5 nitrogen and oxygen atoms in total. The topological polar surface area (TPSA) is 63.6 Å². The Bertz CT molecular complexity index is 439. The van der Waals surface area contributed by atoms with Crippen LogP contribution >= 0.6 is 15.9 Å². The Kier molecular flexibility index (Phi) is 2.86. The second-order valence-electron chi connectivity index (χ2n) is 2.80. The summed E-state index contributed by atoms with van der Waals surface area (Å²) in [6, 6.07) is 7.65. The van der Waals surface area contributed by atoms with Gasteiger partial charge in [-0.15, -0.1) is 20.4 Å². The first-order valence-electron chi connectivity index (χ1n) is 4.30. The molecule has 0 radical (unpaired) electrons. The molecule has 0 saturated carbocycles. The van der Waals surface area contributed by atoms with Gasteiger partial charge in [-0.1, -0.05) is 15.9 Å². The van der Waals surface area contributed by atoms with Crippen LogP contribution in [0.2, 0.25) is 0 Å². The van der Waals surface area contributed by atoms with E-state index in [2.05, 4.69) is 41.6 Å². The molecule has 0 amide bonds.